The van der Waals surface area contributed by atoms with Crippen molar-refractivity contribution < 1.29 is 38.1 Å². The zero-order chi connectivity index (χ0) is 37.1. The normalized spacial score (nSPS) is 15.6. The van der Waals surface area contributed by atoms with E-state index in [4.69, 9.17) is 33.7 Å². The number of aromatic amines is 2. The maximum atomic E-state index is 13.5. The highest BCUT2D eigenvalue weighted by Crippen LogP contribution is 2.44. The van der Waals surface area contributed by atoms with E-state index in [2.05, 4.69) is 22.6 Å². The van der Waals surface area contributed by atoms with E-state index < -0.39 is 18.2 Å². The van der Waals surface area contributed by atoms with Gasteiger partial charge in [-0.25, -0.2) is 9.78 Å². The van der Waals surface area contributed by atoms with Gasteiger partial charge in [0.05, 0.1) is 50.4 Å². The molecule has 5 heterocycles. The third kappa shape index (κ3) is 7.11. The highest BCUT2D eigenvalue weighted by molar-refractivity contribution is 6.25. The van der Waals surface area contributed by atoms with Crippen LogP contribution < -0.4 is 0 Å². The number of nitrogens with one attached hydrogen (secondary N) is 2. The quantitative estimate of drug-likeness (QED) is 0.131. The van der Waals surface area contributed by atoms with E-state index in [0.29, 0.717) is 35.4 Å². The lowest BCUT2D eigenvalue weighted by molar-refractivity contribution is -0.141. The summed E-state index contributed by atoms with van der Waals surface area (Å²) in [4.78, 5) is 56.4. The minimum atomic E-state index is -0.601. The lowest BCUT2D eigenvalue weighted by Crippen LogP contribution is -2.16. The van der Waals surface area contributed by atoms with Crippen molar-refractivity contribution in [1.29, 1.82) is 0 Å². The van der Waals surface area contributed by atoms with Crippen molar-refractivity contribution in [3.05, 3.63) is 75.4 Å². The summed E-state index contributed by atoms with van der Waals surface area (Å²) in [6.07, 6.45) is 2.08. The Balaban J connectivity index is 2.01. The highest BCUT2D eigenvalue weighted by atomic mass is 16.7. The summed E-state index contributed by atoms with van der Waals surface area (Å²) in [6.45, 7) is 12.0. The lowest BCUT2D eigenvalue weighted by Gasteiger charge is -2.18. The molecule has 0 saturated heterocycles. The number of carbonyl (C=O) groups is 3. The molecule has 8 bridgehead atoms. The van der Waals surface area contributed by atoms with Gasteiger partial charge in [-0.2, -0.15) is 0 Å². The first kappa shape index (κ1) is 37.2. The number of ether oxygens (including phenoxy) is 5. The summed E-state index contributed by atoms with van der Waals surface area (Å²) in [5, 5.41) is 0. The van der Waals surface area contributed by atoms with Gasteiger partial charge in [-0.3, -0.25) is 14.6 Å². The summed E-state index contributed by atoms with van der Waals surface area (Å²) < 4.78 is 26.6. The summed E-state index contributed by atoms with van der Waals surface area (Å²) >= 11 is 0. The van der Waals surface area contributed by atoms with Gasteiger partial charge in [-0.15, -0.1) is 0 Å². The van der Waals surface area contributed by atoms with Gasteiger partial charge >= 0.3 is 17.9 Å². The first-order valence-electron chi connectivity index (χ1n) is 16.8. The van der Waals surface area contributed by atoms with Crippen LogP contribution in [-0.4, -0.2) is 79.7 Å². The van der Waals surface area contributed by atoms with Crippen molar-refractivity contribution in [2.75, 3.05) is 35.5 Å². The third-order valence-electron chi connectivity index (χ3n) is 10.1. The molecule has 2 aliphatic rings. The minimum absolute atomic E-state index is 0.124. The number of carbonyl (C=O) groups excluding carboxylic acids is 3. The van der Waals surface area contributed by atoms with Crippen LogP contribution in [0.3, 0.4) is 0 Å². The molecular formula is C39H46N4O8. The van der Waals surface area contributed by atoms with Crippen molar-refractivity contribution in [1.82, 2.24) is 19.9 Å². The van der Waals surface area contributed by atoms with Gasteiger partial charge in [0.15, 0.2) is 6.29 Å². The Kier molecular flexibility index (Phi) is 11.3. The molecule has 0 amide bonds. The van der Waals surface area contributed by atoms with Gasteiger partial charge in [0, 0.05) is 77.8 Å². The number of esters is 3. The minimum Gasteiger partial charge on any atom is -0.469 e. The van der Waals surface area contributed by atoms with Crippen LogP contribution in [0.5, 0.6) is 0 Å². The van der Waals surface area contributed by atoms with Crippen LogP contribution in [0, 0.1) is 13.8 Å². The molecule has 51 heavy (non-hydrogen) atoms. The van der Waals surface area contributed by atoms with Crippen molar-refractivity contribution in [2.45, 2.75) is 71.5 Å². The van der Waals surface area contributed by atoms with Crippen LogP contribution in [0.25, 0.3) is 39.3 Å². The lowest BCUT2D eigenvalue weighted by atomic mass is 9.84. The maximum Gasteiger partial charge on any atom is 0.340 e. The molecule has 0 saturated carbocycles. The fraction of sp³-hybridized carbons (Fsp3) is 0.410. The van der Waals surface area contributed by atoms with E-state index in [1.165, 1.54) is 21.3 Å². The zero-order valence-electron chi connectivity index (χ0n) is 30.7. The Bertz CT molecular complexity index is 2090. The van der Waals surface area contributed by atoms with Crippen molar-refractivity contribution in [3.63, 3.8) is 0 Å². The molecule has 2 aliphatic heterocycles. The average molecular weight is 699 g/mol. The van der Waals surface area contributed by atoms with Gasteiger partial charge in [0.2, 0.25) is 0 Å². The van der Waals surface area contributed by atoms with Crippen molar-refractivity contribution in [3.8, 4) is 0 Å². The van der Waals surface area contributed by atoms with Gasteiger partial charge in [-0.05, 0) is 67.7 Å². The number of nitrogens with zero attached hydrogens (tertiary/aromatic N) is 2. The molecule has 0 spiro atoms. The summed E-state index contributed by atoms with van der Waals surface area (Å²) in [7, 11) is 7.19. The third-order valence-corrected chi connectivity index (χ3v) is 10.1. The second-order valence-electron chi connectivity index (χ2n) is 12.8. The molecule has 270 valence electrons. The molecule has 0 radical (unpaired) electrons. The number of fused-ring (bicyclic) bond motifs is 8. The number of H-pyrrole nitrogens is 2. The number of rotatable bonds is 11. The van der Waals surface area contributed by atoms with Crippen molar-refractivity contribution in [2.24, 2.45) is 0 Å². The average Bonchev–Trinajstić information content (AvgIpc) is 3.81. The molecule has 0 aliphatic carbocycles. The monoisotopic (exact) mass is 698 g/mol. The zero-order valence-corrected chi connectivity index (χ0v) is 30.7. The predicted octanol–water partition coefficient (Wildman–Crippen LogP) is 6.40. The Morgan fingerprint density at radius 2 is 1.51 bits per heavy atom. The largest absolute Gasteiger partial charge is 0.469 e. The molecule has 12 heteroatoms. The summed E-state index contributed by atoms with van der Waals surface area (Å²) in [5.41, 5.74) is 10.4. The molecule has 0 fully saturated rings. The van der Waals surface area contributed by atoms with E-state index in [9.17, 15) is 14.4 Å². The van der Waals surface area contributed by atoms with Crippen LogP contribution in [0.2, 0.25) is 0 Å². The van der Waals surface area contributed by atoms with E-state index in [1.807, 2.05) is 32.9 Å². The fourth-order valence-corrected chi connectivity index (χ4v) is 7.01. The van der Waals surface area contributed by atoms with E-state index in [-0.39, 0.29) is 41.9 Å². The first-order valence-corrected chi connectivity index (χ1v) is 16.8. The molecule has 5 rings (SSSR count). The Labute approximate surface area is 297 Å². The number of allylic oxidation sites excluding steroid dienone is 1. The highest BCUT2D eigenvalue weighted by Gasteiger charge is 2.36. The second kappa shape index (κ2) is 15.4. The fourth-order valence-electron chi connectivity index (χ4n) is 7.01. The molecule has 3 aromatic heterocycles. The maximum absolute atomic E-state index is 13.5. The number of hydrogen-bond donors (Lipinski definition) is 2. The molecule has 3 aromatic rings. The Hall–Kier alpha value is -5.07. The number of hydrogen-bond acceptors (Lipinski definition) is 10. The van der Waals surface area contributed by atoms with Crippen LogP contribution in [0.1, 0.15) is 89.1 Å². The van der Waals surface area contributed by atoms with Gasteiger partial charge < -0.3 is 33.7 Å². The van der Waals surface area contributed by atoms with Crippen LogP contribution in [0.15, 0.2) is 24.8 Å². The predicted molar refractivity (Wildman–Crippen MR) is 195 cm³/mol. The van der Waals surface area contributed by atoms with E-state index in [1.54, 1.807) is 27.2 Å². The molecule has 2 N–H and O–H groups in total. The Morgan fingerprint density at radius 1 is 0.843 bits per heavy atom. The summed E-state index contributed by atoms with van der Waals surface area (Å²) in [6, 6.07) is 5.93. The van der Waals surface area contributed by atoms with Gasteiger partial charge in [0.25, 0.3) is 0 Å². The smallest absolute Gasteiger partial charge is 0.340 e. The first-order chi connectivity index (χ1) is 24.4. The molecular weight excluding hydrogens is 652 g/mol. The molecule has 2 atom stereocenters. The molecule has 0 aromatic carbocycles. The summed E-state index contributed by atoms with van der Waals surface area (Å²) in [5.74, 6) is -2.01. The second-order valence-corrected chi connectivity index (χ2v) is 12.8. The Morgan fingerprint density at radius 3 is 2.14 bits per heavy atom. The van der Waals surface area contributed by atoms with Crippen LogP contribution >= 0.6 is 0 Å². The van der Waals surface area contributed by atoms with E-state index in [0.717, 1.165) is 50.0 Å². The van der Waals surface area contributed by atoms with Crippen molar-refractivity contribution >= 4 is 57.2 Å². The SMILES string of the molecule is C=Cc1c(C)c2cc3[nH]c(cc4nc(c(CC(=O)OC)c5nc(cc1[nH]2)C(C)=C5C(=O)OC)[C@@H](CCC(=O)OC)[C@@H]4C)c(C)c3CC(OC)OC. The molecule has 0 unspecified atom stereocenters. The van der Waals surface area contributed by atoms with Crippen LogP contribution in [0.4, 0.5) is 0 Å². The number of methoxy groups -OCH3 is 5. The number of aromatic nitrogens is 4. The van der Waals surface area contributed by atoms with Gasteiger partial charge in [0.1, 0.15) is 0 Å². The van der Waals surface area contributed by atoms with Crippen LogP contribution in [-0.2, 0) is 50.9 Å². The van der Waals surface area contributed by atoms with Gasteiger partial charge in [-0.1, -0.05) is 19.6 Å². The number of aryl methyl sites for hydroxylation is 2. The molecule has 12 nitrogen and oxygen atoms in total. The van der Waals surface area contributed by atoms with E-state index >= 15 is 0 Å². The standard InChI is InChI=1S/C39H46N4O8/c1-11-23-19(2)28-17-32-25(15-35(49-8)50-9)21(4)27(41-32)16-29-20(3)24(12-13-33(44)47-6)37(42-29)26(14-34(45)48-7)38-36(39(46)51-10)22(5)30(43-38)18-31(23)40-28/h11,16-18,20,24,35,40-41H,1,12-15H2,2-10H3/t20-,24-/m0/s1. The topological polar surface area (TPSA) is 155 Å².